The average Bonchev–Trinajstić information content (AvgIpc) is 3.09. The van der Waals surface area contributed by atoms with Crippen molar-refractivity contribution in [3.05, 3.63) is 54.1 Å². The summed E-state index contributed by atoms with van der Waals surface area (Å²) < 4.78 is 33.0. The van der Waals surface area contributed by atoms with Crippen LogP contribution in [0.4, 0.5) is 11.5 Å². The third kappa shape index (κ3) is 5.08. The molecule has 10 heteroatoms. The Bertz CT molecular complexity index is 1210. The van der Waals surface area contributed by atoms with Crippen LogP contribution in [0.1, 0.15) is 19.4 Å². The largest absolute Gasteiger partial charge is 0.497 e. The monoisotopic (exact) mass is 474 g/mol. The normalized spacial score (nSPS) is 11.3. The van der Waals surface area contributed by atoms with Crippen LogP contribution in [0.15, 0.2) is 63.3 Å². The van der Waals surface area contributed by atoms with Gasteiger partial charge in [0.2, 0.25) is 15.7 Å². The lowest BCUT2D eigenvalue weighted by Crippen LogP contribution is -2.21. The van der Waals surface area contributed by atoms with Crippen molar-refractivity contribution in [3.63, 3.8) is 0 Å². The Morgan fingerprint density at radius 3 is 2.53 bits per heavy atom. The minimum Gasteiger partial charge on any atom is -0.497 e. The van der Waals surface area contributed by atoms with E-state index in [1.807, 2.05) is 32.0 Å². The number of amides is 1. The van der Waals surface area contributed by atoms with Gasteiger partial charge in [0.1, 0.15) is 28.0 Å². The molecule has 0 aliphatic carbocycles. The quantitative estimate of drug-likeness (QED) is 0.455. The number of anilines is 2. The van der Waals surface area contributed by atoms with Crippen molar-refractivity contribution < 1.29 is 17.9 Å². The van der Waals surface area contributed by atoms with Crippen LogP contribution in [0.5, 0.6) is 5.75 Å². The van der Waals surface area contributed by atoms with E-state index in [0.717, 1.165) is 12.0 Å². The first-order chi connectivity index (χ1) is 15.3. The number of nitrogens with one attached hydrogen (secondary N) is 1. The van der Waals surface area contributed by atoms with Gasteiger partial charge in [-0.25, -0.2) is 13.1 Å². The molecule has 0 saturated carbocycles. The molecule has 8 nitrogen and oxygen atoms in total. The number of carbonyl (C=O) groups is 1. The molecule has 1 aromatic heterocycles. The Kier molecular flexibility index (Phi) is 7.47. The van der Waals surface area contributed by atoms with Gasteiger partial charge in [-0.3, -0.25) is 4.79 Å². The summed E-state index contributed by atoms with van der Waals surface area (Å²) >= 11 is 1.25. The van der Waals surface area contributed by atoms with Crippen molar-refractivity contribution in [1.29, 1.82) is 0 Å². The number of benzene rings is 2. The lowest BCUT2D eigenvalue weighted by Gasteiger charge is -2.09. The summed E-state index contributed by atoms with van der Waals surface area (Å²) in [4.78, 5) is 12.6. The summed E-state index contributed by atoms with van der Waals surface area (Å²) in [6.07, 6.45) is 0.847. The molecule has 3 aromatic rings. The second-order valence-electron chi connectivity index (χ2n) is 6.89. The summed E-state index contributed by atoms with van der Waals surface area (Å²) in [5.41, 5.74) is 7.96. The van der Waals surface area contributed by atoms with Crippen molar-refractivity contribution in [2.24, 2.45) is 0 Å². The molecule has 170 valence electrons. The molecule has 3 rings (SSSR count). The Morgan fingerprint density at radius 2 is 1.91 bits per heavy atom. The summed E-state index contributed by atoms with van der Waals surface area (Å²) in [6, 6.07) is 13.6. The first-order valence-electron chi connectivity index (χ1n) is 10.1. The molecule has 0 radical (unpaired) electrons. The number of nitrogen functional groups attached to an aromatic ring is 1. The second kappa shape index (κ2) is 10.1. The smallest absolute Gasteiger partial charge is 0.246 e. The number of thioether (sulfide) groups is 1. The molecular weight excluding hydrogens is 448 g/mol. The standard InChI is InChI=1S/C22H26N4O4S2/c1-4-15-7-6-8-16(13-15)24-19(27)14-26-21(23)20(22(25-26)31-5-2)32(28,29)18-11-9-17(30-3)10-12-18/h6-13H,4-5,14,23H2,1-3H3,(H,24,27). The summed E-state index contributed by atoms with van der Waals surface area (Å²) in [5.74, 6) is 0.708. The van der Waals surface area contributed by atoms with Crippen molar-refractivity contribution in [1.82, 2.24) is 9.78 Å². The molecule has 0 unspecified atom stereocenters. The molecule has 0 aliphatic heterocycles. The van der Waals surface area contributed by atoms with Crippen LogP contribution in [0.2, 0.25) is 0 Å². The highest BCUT2D eigenvalue weighted by atomic mass is 32.2. The number of nitrogens with zero attached hydrogens (tertiary/aromatic N) is 2. The molecule has 0 spiro atoms. The van der Waals surface area contributed by atoms with E-state index >= 15 is 0 Å². The van der Waals surface area contributed by atoms with E-state index in [2.05, 4.69) is 10.4 Å². The molecule has 32 heavy (non-hydrogen) atoms. The third-order valence-corrected chi connectivity index (χ3v) is 7.56. The molecule has 1 amide bonds. The van der Waals surface area contributed by atoms with Gasteiger partial charge in [-0.1, -0.05) is 26.0 Å². The van der Waals surface area contributed by atoms with Gasteiger partial charge >= 0.3 is 0 Å². The number of aryl methyl sites for hydroxylation is 1. The number of hydrogen-bond acceptors (Lipinski definition) is 7. The summed E-state index contributed by atoms with van der Waals surface area (Å²) in [6.45, 7) is 3.71. The van der Waals surface area contributed by atoms with Gasteiger partial charge < -0.3 is 15.8 Å². The van der Waals surface area contributed by atoms with Crippen LogP contribution in [0.25, 0.3) is 0 Å². The molecule has 0 aliphatic rings. The highest BCUT2D eigenvalue weighted by Gasteiger charge is 2.30. The molecule has 2 aromatic carbocycles. The lowest BCUT2D eigenvalue weighted by molar-refractivity contribution is -0.116. The lowest BCUT2D eigenvalue weighted by atomic mass is 10.1. The zero-order valence-corrected chi connectivity index (χ0v) is 19.8. The van der Waals surface area contributed by atoms with Gasteiger partial charge in [0, 0.05) is 5.69 Å². The number of carbonyl (C=O) groups excluding carboxylic acids is 1. The number of rotatable bonds is 9. The fraction of sp³-hybridized carbons (Fsp3) is 0.273. The first kappa shape index (κ1) is 23.7. The van der Waals surface area contributed by atoms with Gasteiger partial charge in [0.25, 0.3) is 0 Å². The maximum atomic E-state index is 13.3. The maximum Gasteiger partial charge on any atom is 0.246 e. The van der Waals surface area contributed by atoms with Gasteiger partial charge in [0.15, 0.2) is 0 Å². The van der Waals surface area contributed by atoms with Crippen LogP contribution in [0.3, 0.4) is 0 Å². The zero-order chi connectivity index (χ0) is 23.3. The SMILES string of the molecule is CCSc1nn(CC(=O)Nc2cccc(CC)c2)c(N)c1S(=O)(=O)c1ccc(OC)cc1. The Labute approximate surface area is 192 Å². The molecule has 0 saturated heterocycles. The number of methoxy groups -OCH3 is 1. The van der Waals surface area contributed by atoms with Crippen molar-refractivity contribution >= 4 is 39.0 Å². The summed E-state index contributed by atoms with van der Waals surface area (Å²) in [7, 11) is -2.44. The topological polar surface area (TPSA) is 116 Å². The minimum absolute atomic E-state index is 0.0725. The van der Waals surface area contributed by atoms with Crippen LogP contribution < -0.4 is 15.8 Å². The van der Waals surface area contributed by atoms with E-state index < -0.39 is 9.84 Å². The van der Waals surface area contributed by atoms with E-state index in [1.54, 1.807) is 18.2 Å². The Morgan fingerprint density at radius 1 is 1.19 bits per heavy atom. The number of ether oxygens (including phenoxy) is 1. The van der Waals surface area contributed by atoms with Gasteiger partial charge in [0.05, 0.1) is 12.0 Å². The van der Waals surface area contributed by atoms with Crippen LogP contribution in [0, 0.1) is 0 Å². The van der Waals surface area contributed by atoms with E-state index in [4.69, 9.17) is 10.5 Å². The predicted molar refractivity (Wildman–Crippen MR) is 126 cm³/mol. The maximum absolute atomic E-state index is 13.3. The highest BCUT2D eigenvalue weighted by Crippen LogP contribution is 2.35. The van der Waals surface area contributed by atoms with E-state index in [1.165, 1.54) is 35.7 Å². The van der Waals surface area contributed by atoms with E-state index in [9.17, 15) is 13.2 Å². The van der Waals surface area contributed by atoms with Crippen molar-refractivity contribution in [2.75, 3.05) is 23.9 Å². The molecule has 3 N–H and O–H groups in total. The van der Waals surface area contributed by atoms with E-state index in [0.29, 0.717) is 17.2 Å². The number of sulfone groups is 1. The fourth-order valence-corrected chi connectivity index (χ4v) is 5.67. The Balaban J connectivity index is 1.91. The third-order valence-electron chi connectivity index (χ3n) is 4.75. The minimum atomic E-state index is -3.95. The zero-order valence-electron chi connectivity index (χ0n) is 18.2. The molecule has 1 heterocycles. The van der Waals surface area contributed by atoms with Gasteiger partial charge in [-0.2, -0.15) is 5.10 Å². The predicted octanol–water partition coefficient (Wildman–Crippen LogP) is 3.62. The molecule has 0 atom stereocenters. The van der Waals surface area contributed by atoms with Crippen LogP contribution in [-0.2, 0) is 27.6 Å². The average molecular weight is 475 g/mol. The highest BCUT2D eigenvalue weighted by molar-refractivity contribution is 8.00. The number of aromatic nitrogens is 2. The van der Waals surface area contributed by atoms with E-state index in [-0.39, 0.29) is 33.1 Å². The van der Waals surface area contributed by atoms with Gasteiger partial charge in [-0.15, -0.1) is 11.8 Å². The molecule has 0 bridgehead atoms. The van der Waals surface area contributed by atoms with Crippen LogP contribution in [-0.4, -0.2) is 37.0 Å². The van der Waals surface area contributed by atoms with Crippen molar-refractivity contribution in [2.45, 2.75) is 41.6 Å². The first-order valence-corrected chi connectivity index (χ1v) is 12.5. The fourth-order valence-electron chi connectivity index (χ4n) is 3.12. The van der Waals surface area contributed by atoms with Gasteiger partial charge in [-0.05, 0) is 54.1 Å². The Hall–Kier alpha value is -2.98. The molecule has 0 fully saturated rings. The molecular formula is C22H26N4O4S2. The van der Waals surface area contributed by atoms with Crippen molar-refractivity contribution in [3.8, 4) is 5.75 Å². The van der Waals surface area contributed by atoms with Crippen LogP contribution >= 0.6 is 11.8 Å². The number of nitrogens with two attached hydrogens (primary N) is 1. The number of hydrogen-bond donors (Lipinski definition) is 2. The second-order valence-corrected chi connectivity index (χ2v) is 10.0. The summed E-state index contributed by atoms with van der Waals surface area (Å²) in [5, 5.41) is 7.41.